The number of rotatable bonds is 8. The number of hydrogen-bond acceptors (Lipinski definition) is 2. The van der Waals surface area contributed by atoms with Crippen molar-refractivity contribution in [3.05, 3.63) is 65.4 Å². The molecule has 4 rings (SSSR count). The first-order valence-corrected chi connectivity index (χ1v) is 10.6. The monoisotopic (exact) mass is 404 g/mol. The second-order valence-electron chi connectivity index (χ2n) is 7.49. The lowest BCUT2D eigenvalue weighted by atomic mass is 10.0. The first-order valence-electron chi connectivity index (χ1n) is 9.63. The number of aromatic amines is 1. The third-order valence-electron chi connectivity index (χ3n) is 5.16. The van der Waals surface area contributed by atoms with E-state index < -0.39 is 11.7 Å². The number of hydrogen-bond donors (Lipinski definition) is 2. The van der Waals surface area contributed by atoms with Gasteiger partial charge in [0.2, 0.25) is 0 Å². The molecule has 0 amide bonds. The van der Waals surface area contributed by atoms with Crippen LogP contribution in [0.1, 0.15) is 36.0 Å². The SMILES string of the molecule is FC(F)(F)c1ccc(CCCc2ccc3[nH]cc(NSCC4CC4)c3c2)cc1. The van der Waals surface area contributed by atoms with Gasteiger partial charge in [-0.3, -0.25) is 0 Å². The maximum atomic E-state index is 12.6. The van der Waals surface area contributed by atoms with Crippen molar-refractivity contribution in [2.24, 2.45) is 5.92 Å². The lowest BCUT2D eigenvalue weighted by Crippen LogP contribution is -2.04. The second kappa shape index (κ2) is 8.11. The van der Waals surface area contributed by atoms with Gasteiger partial charge >= 0.3 is 6.18 Å². The van der Waals surface area contributed by atoms with Crippen LogP contribution in [0.25, 0.3) is 10.9 Å². The molecular formula is C22H23F3N2S. The van der Waals surface area contributed by atoms with E-state index in [0.717, 1.165) is 47.7 Å². The highest BCUT2D eigenvalue weighted by Crippen LogP contribution is 2.34. The lowest BCUT2D eigenvalue weighted by molar-refractivity contribution is -0.137. The number of halogens is 3. The normalized spacial score (nSPS) is 14.5. The molecule has 0 spiro atoms. The Hall–Kier alpha value is -2.08. The first kappa shape index (κ1) is 19.2. The van der Waals surface area contributed by atoms with Crippen LogP contribution in [0, 0.1) is 5.92 Å². The number of alkyl halides is 3. The van der Waals surface area contributed by atoms with Crippen LogP contribution in [-0.2, 0) is 19.0 Å². The number of benzene rings is 2. The van der Waals surface area contributed by atoms with E-state index in [-0.39, 0.29) is 0 Å². The summed E-state index contributed by atoms with van der Waals surface area (Å²) in [6.07, 6.45) is 3.02. The second-order valence-corrected chi connectivity index (χ2v) is 8.31. The van der Waals surface area contributed by atoms with E-state index in [1.54, 1.807) is 24.1 Å². The molecule has 28 heavy (non-hydrogen) atoms. The molecule has 0 bridgehead atoms. The summed E-state index contributed by atoms with van der Waals surface area (Å²) in [7, 11) is 0. The minimum atomic E-state index is -4.27. The topological polar surface area (TPSA) is 27.8 Å². The third kappa shape index (κ3) is 4.85. The Kier molecular flexibility index (Phi) is 5.58. The molecule has 0 atom stereocenters. The molecule has 148 valence electrons. The fourth-order valence-electron chi connectivity index (χ4n) is 3.29. The summed E-state index contributed by atoms with van der Waals surface area (Å²) < 4.78 is 41.4. The largest absolute Gasteiger partial charge is 0.416 e. The van der Waals surface area contributed by atoms with E-state index in [1.165, 1.54) is 35.9 Å². The molecule has 1 fully saturated rings. The van der Waals surface area contributed by atoms with E-state index in [0.29, 0.717) is 0 Å². The number of fused-ring (bicyclic) bond motifs is 1. The summed E-state index contributed by atoms with van der Waals surface area (Å²) in [5.41, 5.74) is 3.82. The zero-order valence-corrected chi connectivity index (χ0v) is 16.3. The Morgan fingerprint density at radius 3 is 2.43 bits per heavy atom. The van der Waals surface area contributed by atoms with Crippen LogP contribution >= 0.6 is 11.9 Å². The van der Waals surface area contributed by atoms with E-state index in [4.69, 9.17) is 0 Å². The molecule has 0 saturated heterocycles. The smallest absolute Gasteiger partial charge is 0.359 e. The summed E-state index contributed by atoms with van der Waals surface area (Å²) in [4.78, 5) is 3.30. The molecule has 2 N–H and O–H groups in total. The molecule has 2 aromatic carbocycles. The van der Waals surface area contributed by atoms with Gasteiger partial charge in [-0.25, -0.2) is 0 Å². The van der Waals surface area contributed by atoms with Crippen LogP contribution in [-0.4, -0.2) is 10.7 Å². The highest BCUT2D eigenvalue weighted by Gasteiger charge is 2.29. The molecule has 1 heterocycles. The summed E-state index contributed by atoms with van der Waals surface area (Å²) >= 11 is 1.77. The number of aromatic nitrogens is 1. The van der Waals surface area contributed by atoms with Gasteiger partial charge in [-0.15, -0.1) is 0 Å². The number of anilines is 1. The fourth-order valence-corrected chi connectivity index (χ4v) is 4.26. The van der Waals surface area contributed by atoms with Crippen molar-refractivity contribution in [3.63, 3.8) is 0 Å². The fraction of sp³-hybridized carbons (Fsp3) is 0.364. The van der Waals surface area contributed by atoms with Gasteiger partial charge in [0.1, 0.15) is 0 Å². The summed E-state index contributed by atoms with van der Waals surface area (Å²) in [6.45, 7) is 0. The van der Waals surface area contributed by atoms with Gasteiger partial charge in [0, 0.05) is 22.9 Å². The van der Waals surface area contributed by atoms with Gasteiger partial charge in [0.25, 0.3) is 0 Å². The molecule has 1 aliphatic rings. The van der Waals surface area contributed by atoms with Gasteiger partial charge in [-0.1, -0.05) is 30.1 Å². The highest BCUT2D eigenvalue weighted by molar-refractivity contribution is 8.00. The molecule has 1 saturated carbocycles. The van der Waals surface area contributed by atoms with E-state index >= 15 is 0 Å². The van der Waals surface area contributed by atoms with Crippen molar-refractivity contribution < 1.29 is 13.2 Å². The lowest BCUT2D eigenvalue weighted by Gasteiger charge is -2.08. The van der Waals surface area contributed by atoms with Crippen LogP contribution in [0.2, 0.25) is 0 Å². The minimum absolute atomic E-state index is 0.589. The van der Waals surface area contributed by atoms with E-state index in [1.807, 2.05) is 6.20 Å². The van der Waals surface area contributed by atoms with E-state index in [2.05, 4.69) is 27.9 Å². The van der Waals surface area contributed by atoms with Crippen LogP contribution in [0.4, 0.5) is 18.9 Å². The van der Waals surface area contributed by atoms with Crippen molar-refractivity contribution in [1.82, 2.24) is 4.98 Å². The zero-order valence-electron chi connectivity index (χ0n) is 15.5. The maximum absolute atomic E-state index is 12.6. The maximum Gasteiger partial charge on any atom is 0.416 e. The Morgan fingerprint density at radius 1 is 1.00 bits per heavy atom. The van der Waals surface area contributed by atoms with Gasteiger partial charge in [-0.05, 0) is 73.4 Å². The third-order valence-corrected chi connectivity index (χ3v) is 6.16. The van der Waals surface area contributed by atoms with Crippen LogP contribution in [0.3, 0.4) is 0 Å². The van der Waals surface area contributed by atoms with Crippen molar-refractivity contribution >= 4 is 28.5 Å². The average molecular weight is 405 g/mol. The number of nitrogens with one attached hydrogen (secondary N) is 2. The molecule has 1 aromatic heterocycles. The molecule has 2 nitrogen and oxygen atoms in total. The highest BCUT2D eigenvalue weighted by atomic mass is 32.2. The number of aryl methyl sites for hydroxylation is 2. The quantitative estimate of drug-likeness (QED) is 0.403. The van der Waals surface area contributed by atoms with Gasteiger partial charge in [-0.2, -0.15) is 13.2 Å². The van der Waals surface area contributed by atoms with E-state index in [9.17, 15) is 13.2 Å². The average Bonchev–Trinajstić information content (AvgIpc) is 3.41. The zero-order chi connectivity index (χ0) is 19.6. The van der Waals surface area contributed by atoms with Crippen LogP contribution < -0.4 is 4.72 Å². The summed E-state index contributed by atoms with van der Waals surface area (Å²) in [5, 5.41) is 1.19. The van der Waals surface area contributed by atoms with Gasteiger partial charge < -0.3 is 9.71 Å². The molecular weight excluding hydrogens is 381 g/mol. The Morgan fingerprint density at radius 2 is 1.71 bits per heavy atom. The molecule has 3 aromatic rings. The van der Waals surface area contributed by atoms with Crippen molar-refractivity contribution in [2.45, 2.75) is 38.3 Å². The minimum Gasteiger partial charge on any atom is -0.359 e. The number of H-pyrrole nitrogens is 1. The van der Waals surface area contributed by atoms with Crippen molar-refractivity contribution in [1.29, 1.82) is 0 Å². The molecule has 0 aliphatic heterocycles. The summed E-state index contributed by atoms with van der Waals surface area (Å²) in [6, 6.07) is 11.9. The molecule has 0 radical (unpaired) electrons. The molecule has 0 unspecified atom stereocenters. The van der Waals surface area contributed by atoms with Crippen molar-refractivity contribution in [3.8, 4) is 0 Å². The van der Waals surface area contributed by atoms with Crippen LogP contribution in [0.15, 0.2) is 48.7 Å². The van der Waals surface area contributed by atoms with Crippen LogP contribution in [0.5, 0.6) is 0 Å². The van der Waals surface area contributed by atoms with Crippen molar-refractivity contribution in [2.75, 3.05) is 10.5 Å². The predicted octanol–water partition coefficient (Wildman–Crippen LogP) is 6.83. The standard InChI is InChI=1S/C22H23F3N2S/c23-22(24,25)18-9-6-15(7-10-18)2-1-3-16-8-11-20-19(12-16)21(13-26-20)27-28-14-17-4-5-17/h6-13,17,26-27H,1-5,14H2. The Balaban J connectivity index is 1.33. The Bertz CT molecular complexity index is 927. The van der Waals surface area contributed by atoms with Gasteiger partial charge in [0.15, 0.2) is 0 Å². The van der Waals surface area contributed by atoms with Gasteiger partial charge in [0.05, 0.1) is 11.3 Å². The molecule has 1 aliphatic carbocycles. The first-order chi connectivity index (χ1) is 13.5. The Labute approximate surface area is 167 Å². The predicted molar refractivity (Wildman–Crippen MR) is 111 cm³/mol. The molecule has 6 heteroatoms. The summed E-state index contributed by atoms with van der Waals surface area (Å²) in [5.74, 6) is 2.03.